The highest BCUT2D eigenvalue weighted by Crippen LogP contribution is 2.51. The predicted molar refractivity (Wildman–Crippen MR) is 105 cm³/mol. The molecule has 2 atom stereocenters. The van der Waals surface area contributed by atoms with E-state index in [1.165, 1.54) is 34.4 Å². The van der Waals surface area contributed by atoms with E-state index >= 15 is 0 Å². The summed E-state index contributed by atoms with van der Waals surface area (Å²) in [6.07, 6.45) is -3.48. The van der Waals surface area contributed by atoms with Gasteiger partial charge in [-0.2, -0.15) is 13.2 Å². The Hall–Kier alpha value is -2.75. The second-order valence-corrected chi connectivity index (χ2v) is 7.79. The maximum absolute atomic E-state index is 13.5. The number of nitrogens with zero attached hydrogens (tertiary/aromatic N) is 1. The summed E-state index contributed by atoms with van der Waals surface area (Å²) in [7, 11) is 0. The van der Waals surface area contributed by atoms with Gasteiger partial charge in [0.1, 0.15) is 0 Å². The number of halogens is 3. The van der Waals surface area contributed by atoms with Gasteiger partial charge in [0.15, 0.2) is 0 Å². The molecule has 2 unspecified atom stereocenters. The van der Waals surface area contributed by atoms with Gasteiger partial charge in [0.25, 0.3) is 0 Å². The molecule has 5 rings (SSSR count). The average Bonchev–Trinajstić information content (AvgIpc) is 3.17. The minimum Gasteiger partial charge on any atom is -0.363 e. The van der Waals surface area contributed by atoms with Crippen molar-refractivity contribution in [3.8, 4) is 0 Å². The molecule has 1 nitrogen and oxygen atoms in total. The molecule has 142 valence electrons. The molecule has 3 aromatic rings. The molecule has 0 fully saturated rings. The highest BCUT2D eigenvalue weighted by atomic mass is 19.4. The van der Waals surface area contributed by atoms with Crippen LogP contribution in [0.1, 0.15) is 39.3 Å². The Morgan fingerprint density at radius 1 is 0.929 bits per heavy atom. The minimum atomic E-state index is -4.34. The van der Waals surface area contributed by atoms with E-state index in [0.717, 1.165) is 12.1 Å². The maximum atomic E-state index is 13.5. The van der Waals surface area contributed by atoms with Crippen LogP contribution in [0.25, 0.3) is 0 Å². The number of benzene rings is 3. The molecule has 1 aliphatic heterocycles. The van der Waals surface area contributed by atoms with Crippen molar-refractivity contribution in [3.05, 3.63) is 100 Å². The molecule has 0 amide bonds. The van der Waals surface area contributed by atoms with Crippen LogP contribution in [-0.4, -0.2) is 6.04 Å². The van der Waals surface area contributed by atoms with Crippen LogP contribution in [0, 0.1) is 6.92 Å². The van der Waals surface area contributed by atoms with E-state index in [1.54, 1.807) is 12.1 Å². The molecule has 28 heavy (non-hydrogen) atoms. The van der Waals surface area contributed by atoms with Crippen LogP contribution in [0.5, 0.6) is 0 Å². The van der Waals surface area contributed by atoms with Crippen molar-refractivity contribution in [2.24, 2.45) is 0 Å². The van der Waals surface area contributed by atoms with Gasteiger partial charge in [0.2, 0.25) is 0 Å². The van der Waals surface area contributed by atoms with Gasteiger partial charge < -0.3 is 4.90 Å². The lowest BCUT2D eigenvalue weighted by Gasteiger charge is -2.28. The number of fused-ring (bicyclic) bond motifs is 5. The molecule has 0 saturated carbocycles. The molecule has 3 aromatic carbocycles. The van der Waals surface area contributed by atoms with E-state index in [4.69, 9.17) is 0 Å². The molecule has 0 bridgehead atoms. The predicted octanol–water partition coefficient (Wildman–Crippen LogP) is 6.09. The molecule has 1 heterocycles. The fourth-order valence-corrected chi connectivity index (χ4v) is 4.92. The van der Waals surface area contributed by atoms with Crippen LogP contribution in [0.2, 0.25) is 0 Å². The van der Waals surface area contributed by atoms with Crippen molar-refractivity contribution in [2.45, 2.75) is 38.0 Å². The summed E-state index contributed by atoms with van der Waals surface area (Å²) in [6.45, 7) is 2.33. The lowest BCUT2D eigenvalue weighted by molar-refractivity contribution is -0.138. The number of aryl methyl sites for hydroxylation is 1. The Balaban J connectivity index is 1.61. The molecule has 4 heteroatoms. The normalized spacial score (nSPS) is 20.1. The van der Waals surface area contributed by atoms with Crippen molar-refractivity contribution in [2.75, 3.05) is 4.90 Å². The first-order valence-electron chi connectivity index (χ1n) is 9.53. The van der Waals surface area contributed by atoms with Crippen molar-refractivity contribution >= 4 is 5.69 Å². The van der Waals surface area contributed by atoms with E-state index in [9.17, 15) is 13.2 Å². The Bertz CT molecular complexity index is 1050. The Labute approximate surface area is 162 Å². The molecular weight excluding hydrogens is 359 g/mol. The summed E-state index contributed by atoms with van der Waals surface area (Å²) >= 11 is 0. The van der Waals surface area contributed by atoms with Gasteiger partial charge in [-0.1, -0.05) is 60.2 Å². The van der Waals surface area contributed by atoms with Gasteiger partial charge in [-0.15, -0.1) is 0 Å². The van der Waals surface area contributed by atoms with Crippen molar-refractivity contribution in [1.82, 2.24) is 0 Å². The average molecular weight is 379 g/mol. The zero-order valence-electron chi connectivity index (χ0n) is 15.5. The van der Waals surface area contributed by atoms with E-state index in [2.05, 4.69) is 48.2 Å². The summed E-state index contributed by atoms with van der Waals surface area (Å²) in [5.41, 5.74) is 5.89. The second-order valence-electron chi connectivity index (χ2n) is 7.79. The first kappa shape index (κ1) is 17.4. The fraction of sp³-hybridized carbons (Fsp3) is 0.250. The van der Waals surface area contributed by atoms with Crippen LogP contribution in [0.15, 0.2) is 66.7 Å². The largest absolute Gasteiger partial charge is 0.416 e. The summed E-state index contributed by atoms with van der Waals surface area (Å²) in [5, 5.41) is 0. The Kier molecular flexibility index (Phi) is 3.80. The summed E-state index contributed by atoms with van der Waals surface area (Å²) in [6, 6.07) is 20.8. The smallest absolute Gasteiger partial charge is 0.363 e. The molecular formula is C24H20F3N. The van der Waals surface area contributed by atoms with Crippen molar-refractivity contribution in [3.63, 3.8) is 0 Å². The molecule has 2 aliphatic rings. The first-order valence-corrected chi connectivity index (χ1v) is 9.53. The van der Waals surface area contributed by atoms with Gasteiger partial charge in [-0.05, 0) is 47.7 Å². The highest BCUT2D eigenvalue weighted by Gasteiger charge is 2.45. The van der Waals surface area contributed by atoms with Crippen LogP contribution >= 0.6 is 0 Å². The topological polar surface area (TPSA) is 3.24 Å². The van der Waals surface area contributed by atoms with Gasteiger partial charge in [-0.25, -0.2) is 0 Å². The molecule has 0 radical (unpaired) electrons. The Morgan fingerprint density at radius 3 is 2.50 bits per heavy atom. The number of anilines is 1. The molecule has 1 aliphatic carbocycles. The van der Waals surface area contributed by atoms with E-state index < -0.39 is 11.7 Å². The van der Waals surface area contributed by atoms with Gasteiger partial charge >= 0.3 is 6.18 Å². The van der Waals surface area contributed by atoms with Gasteiger partial charge in [0.05, 0.1) is 5.56 Å². The number of rotatable bonds is 2. The van der Waals surface area contributed by atoms with E-state index in [-0.39, 0.29) is 18.5 Å². The van der Waals surface area contributed by atoms with Crippen LogP contribution in [0.3, 0.4) is 0 Å². The van der Waals surface area contributed by atoms with E-state index in [0.29, 0.717) is 5.56 Å². The van der Waals surface area contributed by atoms with Gasteiger partial charge in [0, 0.05) is 24.2 Å². The highest BCUT2D eigenvalue weighted by molar-refractivity contribution is 5.68. The zero-order chi connectivity index (χ0) is 19.5. The standard InChI is InChI=1S/C24H20F3N/c1-15-10-11-21-19(12-15)23-18-8-4-2-6-16(18)13-22(23)28(21)14-17-7-3-5-9-20(17)24(25,26)27/h2-12,22-23H,13-14H2,1H3. The van der Waals surface area contributed by atoms with Crippen LogP contribution in [-0.2, 0) is 19.1 Å². The first-order chi connectivity index (χ1) is 13.4. The quantitative estimate of drug-likeness (QED) is 0.521. The molecule has 0 N–H and O–H groups in total. The summed E-state index contributed by atoms with van der Waals surface area (Å²) in [4.78, 5) is 2.18. The maximum Gasteiger partial charge on any atom is 0.416 e. The zero-order valence-corrected chi connectivity index (χ0v) is 15.5. The monoisotopic (exact) mass is 379 g/mol. The molecule has 0 saturated heterocycles. The van der Waals surface area contributed by atoms with Crippen LogP contribution in [0.4, 0.5) is 18.9 Å². The van der Waals surface area contributed by atoms with E-state index in [1.807, 2.05) is 6.07 Å². The summed E-state index contributed by atoms with van der Waals surface area (Å²) < 4.78 is 40.6. The number of hydrogen-bond donors (Lipinski definition) is 0. The van der Waals surface area contributed by atoms with Crippen molar-refractivity contribution in [1.29, 1.82) is 0 Å². The Morgan fingerprint density at radius 2 is 1.68 bits per heavy atom. The number of hydrogen-bond acceptors (Lipinski definition) is 1. The fourth-order valence-electron chi connectivity index (χ4n) is 4.92. The third-order valence-electron chi connectivity index (χ3n) is 6.10. The molecule has 0 aromatic heterocycles. The summed E-state index contributed by atoms with van der Waals surface area (Å²) in [5.74, 6) is 0.226. The van der Waals surface area contributed by atoms with Gasteiger partial charge in [-0.3, -0.25) is 0 Å². The third kappa shape index (κ3) is 2.62. The van der Waals surface area contributed by atoms with Crippen molar-refractivity contribution < 1.29 is 13.2 Å². The minimum absolute atomic E-state index is 0.162. The lowest BCUT2D eigenvalue weighted by Crippen LogP contribution is -2.33. The molecule has 0 spiro atoms. The second kappa shape index (κ2) is 6.13. The lowest BCUT2D eigenvalue weighted by atomic mass is 9.92. The third-order valence-corrected chi connectivity index (χ3v) is 6.10. The van der Waals surface area contributed by atoms with Crippen LogP contribution < -0.4 is 4.90 Å². The SMILES string of the molecule is Cc1ccc2c(c1)C1c3ccccc3CC1N2Cc1ccccc1C(F)(F)F. The number of alkyl halides is 3.